The summed E-state index contributed by atoms with van der Waals surface area (Å²) in [6.45, 7) is 5.57. The molecule has 1 unspecified atom stereocenters. The smallest absolute Gasteiger partial charge is 0.210 e. The number of benzene rings is 1. The largest absolute Gasteiger partial charge is 0.453 e. The number of para-hydroxylation sites is 1. The van der Waals surface area contributed by atoms with Crippen molar-refractivity contribution in [2.75, 3.05) is 5.75 Å². The molecule has 0 N–H and O–H groups in total. The Morgan fingerprint density at radius 2 is 1.94 bits per heavy atom. The SMILES string of the molecule is CC(C)(C)S(=O)CC(=O)c1cc2ccccc2o1. The van der Waals surface area contributed by atoms with E-state index >= 15 is 0 Å². The van der Waals surface area contributed by atoms with E-state index in [1.165, 1.54) is 0 Å². The van der Waals surface area contributed by atoms with Crippen molar-refractivity contribution >= 4 is 27.6 Å². The quantitative estimate of drug-likeness (QED) is 0.800. The Labute approximate surface area is 109 Å². The van der Waals surface area contributed by atoms with Gasteiger partial charge in [0.2, 0.25) is 5.78 Å². The molecule has 0 amide bonds. The van der Waals surface area contributed by atoms with Crippen LogP contribution >= 0.6 is 0 Å². The summed E-state index contributed by atoms with van der Waals surface area (Å²) < 4.78 is 17.0. The normalized spacial score (nSPS) is 13.7. The van der Waals surface area contributed by atoms with Crippen molar-refractivity contribution in [1.82, 2.24) is 0 Å². The molecule has 1 atom stereocenters. The average Bonchev–Trinajstić information content (AvgIpc) is 2.71. The van der Waals surface area contributed by atoms with E-state index in [1.54, 1.807) is 6.07 Å². The summed E-state index contributed by atoms with van der Waals surface area (Å²) in [7, 11) is -1.20. The predicted octanol–water partition coefficient (Wildman–Crippen LogP) is 3.16. The molecule has 0 aliphatic rings. The van der Waals surface area contributed by atoms with Crippen molar-refractivity contribution < 1.29 is 13.4 Å². The van der Waals surface area contributed by atoms with Gasteiger partial charge in [0.15, 0.2) is 5.76 Å². The number of rotatable bonds is 3. The second-order valence-electron chi connectivity index (χ2n) is 5.17. The van der Waals surface area contributed by atoms with Crippen molar-refractivity contribution in [3.63, 3.8) is 0 Å². The van der Waals surface area contributed by atoms with Crippen molar-refractivity contribution in [2.24, 2.45) is 0 Å². The van der Waals surface area contributed by atoms with Gasteiger partial charge >= 0.3 is 0 Å². The van der Waals surface area contributed by atoms with Crippen molar-refractivity contribution in [1.29, 1.82) is 0 Å². The molecule has 18 heavy (non-hydrogen) atoms. The Bertz CT molecular complexity index is 572. The lowest BCUT2D eigenvalue weighted by Gasteiger charge is -2.16. The molecule has 3 nitrogen and oxygen atoms in total. The molecule has 0 saturated heterocycles. The Morgan fingerprint density at radius 1 is 1.28 bits per heavy atom. The van der Waals surface area contributed by atoms with Gasteiger partial charge in [-0.15, -0.1) is 0 Å². The number of hydrogen-bond donors (Lipinski definition) is 0. The van der Waals surface area contributed by atoms with Gasteiger partial charge in [0.25, 0.3) is 0 Å². The number of ketones is 1. The first-order chi connectivity index (χ1) is 8.38. The first-order valence-corrected chi connectivity index (χ1v) is 7.10. The molecule has 0 aliphatic heterocycles. The molecule has 2 rings (SSSR count). The van der Waals surface area contributed by atoms with E-state index in [9.17, 15) is 9.00 Å². The Balaban J connectivity index is 2.21. The monoisotopic (exact) mass is 264 g/mol. The van der Waals surface area contributed by atoms with E-state index < -0.39 is 10.8 Å². The highest BCUT2D eigenvalue weighted by molar-refractivity contribution is 7.87. The lowest BCUT2D eigenvalue weighted by Crippen LogP contribution is -2.27. The van der Waals surface area contributed by atoms with E-state index in [4.69, 9.17) is 4.42 Å². The number of carbonyl (C=O) groups is 1. The third-order valence-corrected chi connectivity index (χ3v) is 4.54. The van der Waals surface area contributed by atoms with E-state index in [-0.39, 0.29) is 22.0 Å². The third-order valence-electron chi connectivity index (χ3n) is 2.65. The zero-order valence-corrected chi connectivity index (χ0v) is 11.5. The van der Waals surface area contributed by atoms with Crippen LogP contribution in [0.2, 0.25) is 0 Å². The number of Topliss-reactive ketones (excluding diaryl/α,β-unsaturated/α-hetero) is 1. The summed E-state index contributed by atoms with van der Waals surface area (Å²) >= 11 is 0. The molecule has 1 aromatic heterocycles. The molecule has 0 bridgehead atoms. The van der Waals surface area contributed by atoms with Gasteiger partial charge in [-0.3, -0.25) is 9.00 Å². The molecule has 96 valence electrons. The molecule has 0 aliphatic carbocycles. The highest BCUT2D eigenvalue weighted by Gasteiger charge is 2.24. The zero-order chi connectivity index (χ0) is 13.3. The van der Waals surface area contributed by atoms with Gasteiger partial charge in [-0.05, 0) is 32.9 Å². The second-order valence-corrected chi connectivity index (χ2v) is 7.38. The minimum Gasteiger partial charge on any atom is -0.453 e. The molecule has 4 heteroatoms. The van der Waals surface area contributed by atoms with Crippen LogP contribution in [0, 0.1) is 0 Å². The Hall–Kier alpha value is -1.42. The van der Waals surface area contributed by atoms with Crippen LogP contribution in [0.15, 0.2) is 34.7 Å². The molecule has 0 radical (unpaired) electrons. The topological polar surface area (TPSA) is 47.3 Å². The zero-order valence-electron chi connectivity index (χ0n) is 10.7. The molecule has 1 heterocycles. The summed E-state index contributed by atoms with van der Waals surface area (Å²) in [5.74, 6) is 0.0804. The maximum absolute atomic E-state index is 12.0. The summed E-state index contributed by atoms with van der Waals surface area (Å²) in [4.78, 5) is 12.0. The van der Waals surface area contributed by atoms with Gasteiger partial charge in [-0.25, -0.2) is 0 Å². The molecular weight excluding hydrogens is 248 g/mol. The van der Waals surface area contributed by atoms with Gasteiger partial charge in [0.1, 0.15) is 5.58 Å². The fourth-order valence-corrected chi connectivity index (χ4v) is 2.34. The molecule has 1 aromatic carbocycles. The lowest BCUT2D eigenvalue weighted by molar-refractivity contribution is 0.0993. The van der Waals surface area contributed by atoms with Gasteiger partial charge < -0.3 is 4.42 Å². The highest BCUT2D eigenvalue weighted by Crippen LogP contribution is 2.20. The second kappa shape index (κ2) is 4.69. The standard InChI is InChI=1S/C14H16O3S/c1-14(2,3)18(16)9-11(15)13-8-10-6-4-5-7-12(10)17-13/h4-8H,9H2,1-3H3. The molecule has 0 saturated carbocycles. The van der Waals surface area contributed by atoms with Crippen molar-refractivity contribution in [2.45, 2.75) is 25.5 Å². The number of fused-ring (bicyclic) bond motifs is 1. The van der Waals surface area contributed by atoms with Gasteiger partial charge in [0.05, 0.1) is 5.75 Å². The number of carbonyl (C=O) groups excluding carboxylic acids is 1. The maximum atomic E-state index is 12.0. The summed E-state index contributed by atoms with van der Waals surface area (Å²) in [6, 6.07) is 9.15. The van der Waals surface area contributed by atoms with Crippen LogP contribution in [-0.4, -0.2) is 20.5 Å². The van der Waals surface area contributed by atoms with Crippen LogP contribution in [0.4, 0.5) is 0 Å². The summed E-state index contributed by atoms with van der Waals surface area (Å²) in [6.07, 6.45) is 0. The van der Waals surface area contributed by atoms with Crippen molar-refractivity contribution in [3.05, 3.63) is 36.1 Å². The summed E-state index contributed by atoms with van der Waals surface area (Å²) in [5, 5.41) is 0.891. The molecule has 2 aromatic rings. The van der Waals surface area contributed by atoms with E-state index in [0.717, 1.165) is 5.39 Å². The predicted molar refractivity (Wildman–Crippen MR) is 73.3 cm³/mol. The summed E-state index contributed by atoms with van der Waals surface area (Å²) in [5.41, 5.74) is 0.683. The fourth-order valence-electron chi connectivity index (χ4n) is 1.53. The van der Waals surface area contributed by atoms with Crippen LogP contribution in [0.3, 0.4) is 0 Å². The van der Waals surface area contributed by atoms with Crippen LogP contribution in [-0.2, 0) is 10.8 Å². The van der Waals surface area contributed by atoms with E-state index in [1.807, 2.05) is 45.0 Å². The highest BCUT2D eigenvalue weighted by atomic mass is 32.2. The maximum Gasteiger partial charge on any atom is 0.210 e. The van der Waals surface area contributed by atoms with Crippen LogP contribution < -0.4 is 0 Å². The van der Waals surface area contributed by atoms with Gasteiger partial charge in [-0.1, -0.05) is 18.2 Å². The van der Waals surface area contributed by atoms with Gasteiger partial charge in [0, 0.05) is 20.9 Å². The van der Waals surface area contributed by atoms with E-state index in [0.29, 0.717) is 5.58 Å². The third kappa shape index (κ3) is 2.70. The Morgan fingerprint density at radius 3 is 2.56 bits per heavy atom. The fraction of sp³-hybridized carbons (Fsp3) is 0.357. The number of hydrogen-bond acceptors (Lipinski definition) is 3. The average molecular weight is 264 g/mol. The van der Waals surface area contributed by atoms with E-state index in [2.05, 4.69) is 0 Å². The Kier molecular flexibility index (Phi) is 3.39. The van der Waals surface area contributed by atoms with Gasteiger partial charge in [-0.2, -0.15) is 0 Å². The molecule has 0 fully saturated rings. The van der Waals surface area contributed by atoms with Crippen LogP contribution in [0.25, 0.3) is 11.0 Å². The van der Waals surface area contributed by atoms with Crippen molar-refractivity contribution in [3.8, 4) is 0 Å². The first-order valence-electron chi connectivity index (χ1n) is 5.78. The van der Waals surface area contributed by atoms with Crippen LogP contribution in [0.5, 0.6) is 0 Å². The number of furan rings is 1. The molecular formula is C14H16O3S. The minimum atomic E-state index is -1.20. The first kappa shape index (κ1) is 13.0. The molecule has 0 spiro atoms. The minimum absolute atomic E-state index is 0.00330. The lowest BCUT2D eigenvalue weighted by atomic mass is 10.2. The van der Waals surface area contributed by atoms with Crippen LogP contribution in [0.1, 0.15) is 31.3 Å².